The van der Waals surface area contributed by atoms with Crippen LogP contribution in [-0.2, 0) is 9.53 Å². The van der Waals surface area contributed by atoms with Crippen molar-refractivity contribution in [2.24, 2.45) is 0 Å². The minimum atomic E-state index is -0.505. The molecule has 2 amide bonds. The van der Waals surface area contributed by atoms with Crippen LogP contribution in [0.2, 0.25) is 0 Å². The Morgan fingerprint density at radius 1 is 0.875 bits per heavy atom. The predicted octanol–water partition coefficient (Wildman–Crippen LogP) is 3.92. The number of esters is 1. The lowest BCUT2D eigenvalue weighted by Crippen LogP contribution is -2.50. The molecule has 0 atom stereocenters. The van der Waals surface area contributed by atoms with Gasteiger partial charge in [-0.1, -0.05) is 0 Å². The summed E-state index contributed by atoms with van der Waals surface area (Å²) in [6.45, 7) is 9.46. The molecule has 0 aromatic heterocycles. The van der Waals surface area contributed by atoms with E-state index in [1.54, 1.807) is 41.3 Å². The number of nitrogens with zero attached hydrogens (tertiary/aromatic N) is 2. The third-order valence-electron chi connectivity index (χ3n) is 4.80. The smallest absolute Gasteiger partial charge is 0.410 e. The summed E-state index contributed by atoms with van der Waals surface area (Å²) in [7, 11) is 0. The molecule has 1 saturated heterocycles. The van der Waals surface area contributed by atoms with Crippen molar-refractivity contribution in [3.05, 3.63) is 54.1 Å². The number of anilines is 2. The first-order valence-corrected chi connectivity index (χ1v) is 10.5. The summed E-state index contributed by atoms with van der Waals surface area (Å²) in [5.74, 6) is -0.203. The number of hydrogen-bond acceptors (Lipinski definition) is 6. The molecule has 1 aliphatic rings. The first-order chi connectivity index (χ1) is 15.1. The van der Waals surface area contributed by atoms with Crippen LogP contribution >= 0.6 is 0 Å². The summed E-state index contributed by atoms with van der Waals surface area (Å²) in [6.07, 6.45) is -0.287. The molecule has 1 heterocycles. The van der Waals surface area contributed by atoms with Crippen LogP contribution < -0.4 is 15.0 Å². The highest BCUT2D eigenvalue weighted by atomic mass is 16.6. The molecular weight excluding hydrogens is 410 g/mol. The van der Waals surface area contributed by atoms with Gasteiger partial charge >= 0.3 is 12.1 Å². The number of hydrogen-bond donors (Lipinski definition) is 1. The van der Waals surface area contributed by atoms with Crippen LogP contribution in [-0.4, -0.2) is 54.6 Å². The molecule has 170 valence electrons. The third kappa shape index (κ3) is 6.47. The molecule has 2 aromatic carbocycles. The molecule has 0 spiro atoms. The summed E-state index contributed by atoms with van der Waals surface area (Å²) in [5, 5.41) is 2.82. The number of ether oxygens (including phenoxy) is 2. The minimum Gasteiger partial charge on any atom is -0.444 e. The Bertz CT molecular complexity index is 957. The van der Waals surface area contributed by atoms with Crippen molar-refractivity contribution in [1.82, 2.24) is 4.90 Å². The first-order valence-electron chi connectivity index (χ1n) is 10.5. The van der Waals surface area contributed by atoms with Gasteiger partial charge in [0.25, 0.3) is 5.91 Å². The van der Waals surface area contributed by atoms with Crippen molar-refractivity contribution in [1.29, 1.82) is 0 Å². The van der Waals surface area contributed by atoms with Gasteiger partial charge in [-0.05, 0) is 69.3 Å². The van der Waals surface area contributed by atoms with Crippen LogP contribution in [0.25, 0.3) is 0 Å². The molecule has 32 heavy (non-hydrogen) atoms. The maximum Gasteiger partial charge on any atom is 0.410 e. The molecule has 2 aromatic rings. The van der Waals surface area contributed by atoms with Crippen LogP contribution in [0.1, 0.15) is 38.1 Å². The van der Waals surface area contributed by atoms with Gasteiger partial charge < -0.3 is 24.6 Å². The van der Waals surface area contributed by atoms with Crippen LogP contribution in [0.5, 0.6) is 5.75 Å². The number of benzene rings is 2. The maximum atomic E-state index is 12.5. The lowest BCUT2D eigenvalue weighted by molar-refractivity contribution is -0.131. The summed E-state index contributed by atoms with van der Waals surface area (Å²) in [5.41, 5.74) is 1.63. The SMILES string of the molecule is CC(=O)Oc1ccc(NC(=O)c2ccc(N3CCN(C(=O)OC(C)(C)C)CC3)cc2)cc1. The van der Waals surface area contributed by atoms with Gasteiger partial charge in [0.2, 0.25) is 0 Å². The van der Waals surface area contributed by atoms with E-state index in [1.807, 2.05) is 32.9 Å². The third-order valence-corrected chi connectivity index (χ3v) is 4.80. The van der Waals surface area contributed by atoms with Crippen LogP contribution in [0, 0.1) is 0 Å². The number of nitrogens with one attached hydrogen (secondary N) is 1. The van der Waals surface area contributed by atoms with Crippen molar-refractivity contribution >= 4 is 29.3 Å². The number of carbonyl (C=O) groups excluding carboxylic acids is 3. The second kappa shape index (κ2) is 9.72. The van der Waals surface area contributed by atoms with Gasteiger partial charge in [0.1, 0.15) is 11.4 Å². The largest absolute Gasteiger partial charge is 0.444 e. The fourth-order valence-electron chi connectivity index (χ4n) is 3.27. The molecule has 3 rings (SSSR count). The Balaban J connectivity index is 1.53. The van der Waals surface area contributed by atoms with Crippen molar-refractivity contribution < 1.29 is 23.9 Å². The van der Waals surface area contributed by atoms with Gasteiger partial charge in [0.15, 0.2) is 0 Å². The van der Waals surface area contributed by atoms with E-state index in [1.165, 1.54) is 6.92 Å². The highest BCUT2D eigenvalue weighted by Crippen LogP contribution is 2.20. The molecule has 8 heteroatoms. The van der Waals surface area contributed by atoms with Gasteiger partial charge in [-0.3, -0.25) is 9.59 Å². The summed E-state index contributed by atoms with van der Waals surface area (Å²) >= 11 is 0. The highest BCUT2D eigenvalue weighted by molar-refractivity contribution is 6.04. The molecule has 0 saturated carbocycles. The van der Waals surface area contributed by atoms with E-state index < -0.39 is 11.6 Å². The quantitative estimate of drug-likeness (QED) is 0.574. The maximum absolute atomic E-state index is 12.5. The van der Waals surface area contributed by atoms with E-state index in [0.29, 0.717) is 43.2 Å². The van der Waals surface area contributed by atoms with E-state index in [0.717, 1.165) is 5.69 Å². The molecular formula is C24H29N3O5. The fourth-order valence-corrected chi connectivity index (χ4v) is 3.27. The zero-order chi connectivity index (χ0) is 23.3. The summed E-state index contributed by atoms with van der Waals surface area (Å²) in [4.78, 5) is 39.6. The molecule has 0 aliphatic carbocycles. The predicted molar refractivity (Wildman–Crippen MR) is 122 cm³/mol. The fraction of sp³-hybridized carbons (Fsp3) is 0.375. The van der Waals surface area contributed by atoms with E-state index in [4.69, 9.17) is 9.47 Å². The zero-order valence-electron chi connectivity index (χ0n) is 18.9. The number of carbonyl (C=O) groups is 3. The zero-order valence-corrected chi connectivity index (χ0v) is 18.9. The van der Waals surface area contributed by atoms with Crippen molar-refractivity contribution in [2.75, 3.05) is 36.4 Å². The number of rotatable bonds is 4. The molecule has 0 radical (unpaired) electrons. The lowest BCUT2D eigenvalue weighted by Gasteiger charge is -2.36. The van der Waals surface area contributed by atoms with Gasteiger partial charge in [0.05, 0.1) is 0 Å². The average Bonchev–Trinajstić information content (AvgIpc) is 2.74. The standard InChI is InChI=1S/C24H29N3O5/c1-17(28)31-21-11-7-19(8-12-21)25-22(29)18-5-9-20(10-6-18)26-13-15-27(16-14-26)23(30)32-24(2,3)4/h5-12H,13-16H2,1-4H3,(H,25,29). The topological polar surface area (TPSA) is 88.2 Å². The van der Waals surface area contributed by atoms with Crippen molar-refractivity contribution in [2.45, 2.75) is 33.3 Å². The normalized spacial score (nSPS) is 14.0. The Morgan fingerprint density at radius 3 is 2.00 bits per heavy atom. The lowest BCUT2D eigenvalue weighted by atomic mass is 10.1. The van der Waals surface area contributed by atoms with Crippen LogP contribution in [0.3, 0.4) is 0 Å². The Kier molecular flexibility index (Phi) is 7.02. The van der Waals surface area contributed by atoms with Crippen molar-refractivity contribution in [3.8, 4) is 5.75 Å². The number of amides is 2. The molecule has 1 aliphatic heterocycles. The van der Waals surface area contributed by atoms with E-state index in [9.17, 15) is 14.4 Å². The molecule has 1 N–H and O–H groups in total. The Hall–Kier alpha value is -3.55. The highest BCUT2D eigenvalue weighted by Gasteiger charge is 2.26. The van der Waals surface area contributed by atoms with Crippen LogP contribution in [0.15, 0.2) is 48.5 Å². The molecule has 1 fully saturated rings. The second-order valence-electron chi connectivity index (χ2n) is 8.57. The monoisotopic (exact) mass is 439 g/mol. The van der Waals surface area contributed by atoms with Crippen molar-refractivity contribution in [3.63, 3.8) is 0 Å². The summed E-state index contributed by atoms with van der Waals surface area (Å²) in [6, 6.07) is 14.0. The van der Waals surface area contributed by atoms with Gasteiger partial charge in [0, 0.05) is 50.0 Å². The van der Waals surface area contributed by atoms with Gasteiger partial charge in [-0.15, -0.1) is 0 Å². The molecule has 8 nitrogen and oxygen atoms in total. The average molecular weight is 440 g/mol. The molecule has 0 bridgehead atoms. The van der Waals surface area contributed by atoms with E-state index >= 15 is 0 Å². The number of piperazine rings is 1. The van der Waals surface area contributed by atoms with Crippen LogP contribution in [0.4, 0.5) is 16.2 Å². The van der Waals surface area contributed by atoms with E-state index in [-0.39, 0.29) is 12.0 Å². The first kappa shape index (κ1) is 23.1. The van der Waals surface area contributed by atoms with Gasteiger partial charge in [-0.25, -0.2) is 4.79 Å². The summed E-state index contributed by atoms with van der Waals surface area (Å²) < 4.78 is 10.4. The molecule has 0 unspecified atom stereocenters. The van der Waals surface area contributed by atoms with Gasteiger partial charge in [-0.2, -0.15) is 0 Å². The minimum absolute atomic E-state index is 0.230. The Labute approximate surface area is 188 Å². The second-order valence-corrected chi connectivity index (χ2v) is 8.57. The Morgan fingerprint density at radius 2 is 1.47 bits per heavy atom. The van der Waals surface area contributed by atoms with E-state index in [2.05, 4.69) is 10.2 Å².